The lowest BCUT2D eigenvalue weighted by molar-refractivity contribution is -0.125. The second kappa shape index (κ2) is 53.7. The SMILES string of the molecule is CC(C)C(=O)[C@@H](CN1CCC(F)CC1)c1ccc(Cl)cc1.CC(C)C(=O)[C@@H](CN1CCNCC1)c1ccc(Cl)cc1.CC(C)C(=O)[C@@H](CN1CCSCC1)c1ccc(Cl)cc1.CC(C)C(=O)[C@H](CN1CCC(F)CC1)c1ccc(Cl)cc1.COC1CN(C[C@@H](C(=O)C(C)C)c2ccc(Cl)cc2)C1.COC1CN(C[C@H](C(=O)C(C)C)c2ccc(Cl)cc2)C1. The number of hydrogen-bond donors (Lipinski definition) is 1. The number of benzene rings is 6. The minimum absolute atomic E-state index is 0.00982. The highest BCUT2D eigenvalue weighted by atomic mass is 35.5. The first-order valence-corrected chi connectivity index (χ1v) is 47.3. The van der Waals surface area contributed by atoms with Gasteiger partial charge in [0.05, 0.1) is 47.7 Å². The summed E-state index contributed by atoms with van der Waals surface area (Å²) in [4.78, 5) is 88.8. The summed E-state index contributed by atoms with van der Waals surface area (Å²) in [6.07, 6.45) is 1.55. The Balaban J connectivity index is 0.000000201. The number of likely N-dealkylation sites (tertiary alicyclic amines) is 4. The van der Waals surface area contributed by atoms with E-state index in [0.717, 1.165) is 156 Å². The zero-order chi connectivity index (χ0) is 89.3. The van der Waals surface area contributed by atoms with E-state index in [1.807, 2.05) is 240 Å². The molecular formula is C98H135Cl6F2N7O8S. The molecule has 6 atom stereocenters. The number of nitrogens with one attached hydrogen (secondary N) is 1. The molecular weight excluding hydrogens is 1690 g/mol. The number of nitrogens with zero attached hydrogens (tertiary/aromatic N) is 6. The molecule has 0 bridgehead atoms. The standard InChI is InChI=1S/2C17H23ClFNO.C16H23ClN2O.2C16H22ClNO2.C16H22ClNOS/c2*1-12(2)17(21)16(13-3-5-14(18)6-4-13)11-20-9-7-15(19)8-10-20;1-12(2)16(20)15(11-19-9-7-18-8-10-19)13-3-5-14(17)6-4-13;2*1-11(2)16(19)15(10-18-8-14(9-18)20-3)12-4-6-13(17)7-5-12;1-12(2)16(19)15(11-18-7-9-20-10-8-18)13-3-5-14(17)6-4-13/h2*3-6,12,15-16H,7-11H2,1-2H3;3-6,12,15,18H,7-11H2,1-2H3;2*4-7,11,14-15H,8-10H2,1-3H3;3-6,12,15H,7-11H2,1-2H3/t2*16-;4*15-/m100100/s1. The second-order valence-corrected chi connectivity index (χ2v) is 38.9. The molecule has 24 heteroatoms. The van der Waals surface area contributed by atoms with Gasteiger partial charge in [-0.15, -0.1) is 0 Å². The van der Waals surface area contributed by atoms with Gasteiger partial charge in [0.2, 0.25) is 0 Å². The van der Waals surface area contributed by atoms with Gasteiger partial charge in [-0.2, -0.15) is 11.8 Å². The Morgan fingerprint density at radius 2 is 0.492 bits per heavy atom. The Bertz CT molecular complexity index is 3820. The Morgan fingerprint density at radius 3 is 0.680 bits per heavy atom. The predicted octanol–water partition coefficient (Wildman–Crippen LogP) is 20.4. The van der Waals surface area contributed by atoms with E-state index in [1.54, 1.807) is 14.2 Å². The molecule has 6 saturated heterocycles. The number of hydrogen-bond acceptors (Lipinski definition) is 16. The van der Waals surface area contributed by atoms with Crippen LogP contribution in [0.4, 0.5) is 8.78 Å². The monoisotopic (exact) mass is 1820 g/mol. The molecule has 1 N–H and O–H groups in total. The Kier molecular flexibility index (Phi) is 45.7. The molecule has 122 heavy (non-hydrogen) atoms. The number of methoxy groups -OCH3 is 2. The first-order chi connectivity index (χ1) is 58.1. The lowest BCUT2D eigenvalue weighted by atomic mass is 9.87. The summed E-state index contributed by atoms with van der Waals surface area (Å²) >= 11 is 37.6. The van der Waals surface area contributed by atoms with E-state index >= 15 is 0 Å². The van der Waals surface area contributed by atoms with Gasteiger partial charge in [0.25, 0.3) is 0 Å². The van der Waals surface area contributed by atoms with Crippen molar-refractivity contribution in [3.8, 4) is 0 Å². The molecule has 0 amide bonds. The fraction of sp³-hybridized carbons (Fsp3) is 0.571. The van der Waals surface area contributed by atoms with Crippen LogP contribution in [0.15, 0.2) is 146 Å². The summed E-state index contributed by atoms with van der Waals surface area (Å²) in [6, 6.07) is 45.7. The van der Waals surface area contributed by atoms with Crippen LogP contribution in [0, 0.1) is 35.5 Å². The maximum Gasteiger partial charge on any atom is 0.144 e. The van der Waals surface area contributed by atoms with E-state index in [1.165, 1.54) is 11.5 Å². The molecule has 0 spiro atoms. The summed E-state index contributed by atoms with van der Waals surface area (Å²) in [7, 11) is 3.47. The smallest absolute Gasteiger partial charge is 0.144 e. The number of piperazine rings is 1. The van der Waals surface area contributed by atoms with Crippen LogP contribution in [-0.2, 0) is 38.2 Å². The number of rotatable bonds is 32. The highest BCUT2D eigenvalue weighted by molar-refractivity contribution is 7.99. The molecule has 6 aliphatic rings. The lowest BCUT2D eigenvalue weighted by Crippen LogP contribution is -2.53. The molecule has 6 aliphatic heterocycles. The number of piperidine rings is 2. The average Bonchev–Trinajstić information content (AvgIpc) is 0.822. The molecule has 6 fully saturated rings. The van der Waals surface area contributed by atoms with E-state index in [2.05, 4.69) is 34.7 Å². The van der Waals surface area contributed by atoms with Crippen molar-refractivity contribution in [2.45, 2.75) is 169 Å². The molecule has 0 aliphatic carbocycles. The molecule has 6 aromatic carbocycles. The van der Waals surface area contributed by atoms with Crippen LogP contribution < -0.4 is 5.32 Å². The zero-order valence-electron chi connectivity index (χ0n) is 74.4. The first kappa shape index (κ1) is 104. The second-order valence-electron chi connectivity index (χ2n) is 35.0. The number of carbonyl (C=O) groups is 6. The van der Waals surface area contributed by atoms with Gasteiger partial charge in [0.1, 0.15) is 47.0 Å². The van der Waals surface area contributed by atoms with Crippen molar-refractivity contribution in [3.05, 3.63) is 209 Å². The Hall–Kier alpha value is -5.07. The minimum atomic E-state index is -0.684. The van der Waals surface area contributed by atoms with Crippen molar-refractivity contribution in [1.29, 1.82) is 0 Å². The molecule has 0 saturated carbocycles. The normalized spacial score (nSPS) is 18.4. The topological polar surface area (TPSA) is 152 Å². The van der Waals surface area contributed by atoms with Crippen LogP contribution in [0.5, 0.6) is 0 Å². The predicted molar refractivity (Wildman–Crippen MR) is 503 cm³/mol. The highest BCUT2D eigenvalue weighted by Gasteiger charge is 2.36. The third-order valence-corrected chi connectivity index (χ3v) is 26.1. The molecule has 672 valence electrons. The van der Waals surface area contributed by atoms with Crippen LogP contribution in [0.3, 0.4) is 0 Å². The van der Waals surface area contributed by atoms with Gasteiger partial charge >= 0.3 is 0 Å². The molecule has 12 rings (SSSR count). The van der Waals surface area contributed by atoms with E-state index in [0.29, 0.717) is 87.7 Å². The number of alkyl halides is 2. The number of halogens is 8. The maximum absolute atomic E-state index is 13.2. The molecule has 15 nitrogen and oxygen atoms in total. The van der Waals surface area contributed by atoms with E-state index in [9.17, 15) is 37.5 Å². The van der Waals surface area contributed by atoms with E-state index in [-0.39, 0.29) is 94.1 Å². The third-order valence-electron chi connectivity index (χ3n) is 23.6. The van der Waals surface area contributed by atoms with Gasteiger partial charge in [0, 0.05) is 222 Å². The van der Waals surface area contributed by atoms with Gasteiger partial charge in [-0.25, -0.2) is 8.78 Å². The maximum atomic E-state index is 13.2. The van der Waals surface area contributed by atoms with Gasteiger partial charge in [-0.3, -0.25) is 43.5 Å². The van der Waals surface area contributed by atoms with Gasteiger partial charge in [0.15, 0.2) is 0 Å². The number of carbonyl (C=O) groups excluding carboxylic acids is 6. The van der Waals surface area contributed by atoms with Gasteiger partial charge in [-0.05, 0) is 132 Å². The summed E-state index contributed by atoms with van der Waals surface area (Å²) in [6.45, 7) is 40.7. The largest absolute Gasteiger partial charge is 0.379 e. The quantitative estimate of drug-likeness (QED) is 0.0426. The molecule has 0 aromatic heterocycles. The van der Waals surface area contributed by atoms with Crippen molar-refractivity contribution < 1.29 is 47.0 Å². The fourth-order valence-electron chi connectivity index (χ4n) is 15.8. The summed E-state index contributed by atoms with van der Waals surface area (Å²) in [5.74, 6) is 3.64. The van der Waals surface area contributed by atoms with Crippen molar-refractivity contribution in [1.82, 2.24) is 34.7 Å². The molecule has 0 unspecified atom stereocenters. The third kappa shape index (κ3) is 34.8. The van der Waals surface area contributed by atoms with E-state index < -0.39 is 12.3 Å². The van der Waals surface area contributed by atoms with Gasteiger partial charge in [-0.1, -0.05) is 225 Å². The van der Waals surface area contributed by atoms with Crippen LogP contribution in [0.1, 0.15) is 178 Å². The van der Waals surface area contributed by atoms with Crippen LogP contribution >= 0.6 is 81.4 Å². The van der Waals surface area contributed by atoms with Crippen LogP contribution in [0.25, 0.3) is 0 Å². The van der Waals surface area contributed by atoms with Crippen LogP contribution in [0.2, 0.25) is 30.1 Å². The summed E-state index contributed by atoms with van der Waals surface area (Å²) in [5, 5.41) is 7.53. The van der Waals surface area contributed by atoms with Crippen molar-refractivity contribution in [2.75, 3.05) is 157 Å². The van der Waals surface area contributed by atoms with E-state index in [4.69, 9.17) is 79.1 Å². The summed E-state index contributed by atoms with van der Waals surface area (Å²) in [5.41, 5.74) is 6.27. The van der Waals surface area contributed by atoms with Gasteiger partial charge < -0.3 is 29.5 Å². The molecule has 6 heterocycles. The highest BCUT2D eigenvalue weighted by Crippen LogP contribution is 2.33. The number of thioether (sulfide) groups is 1. The van der Waals surface area contributed by atoms with Crippen LogP contribution in [-0.4, -0.2) is 245 Å². The Labute approximate surface area is 762 Å². The number of Topliss-reactive ketones (excluding diaryl/α,β-unsaturated/α-hetero) is 6. The number of ketones is 6. The first-order valence-electron chi connectivity index (χ1n) is 43.8. The molecule has 0 radical (unpaired) electrons. The van der Waals surface area contributed by atoms with Crippen molar-refractivity contribution in [3.63, 3.8) is 0 Å². The van der Waals surface area contributed by atoms with Crippen molar-refractivity contribution >= 4 is 116 Å². The lowest BCUT2D eigenvalue weighted by Gasteiger charge is -2.40. The van der Waals surface area contributed by atoms with Crippen molar-refractivity contribution in [2.24, 2.45) is 35.5 Å². The minimum Gasteiger partial charge on any atom is -0.379 e. The number of ether oxygens (including phenoxy) is 2. The zero-order valence-corrected chi connectivity index (χ0v) is 79.7. The summed E-state index contributed by atoms with van der Waals surface area (Å²) < 4.78 is 37.0. The Morgan fingerprint density at radius 1 is 0.311 bits per heavy atom. The molecule has 6 aromatic rings. The fourth-order valence-corrected chi connectivity index (χ4v) is 17.5. The average molecular weight is 1820 g/mol.